The predicted molar refractivity (Wildman–Crippen MR) is 34.5 cm³/mol. The van der Waals surface area contributed by atoms with Crippen LogP contribution in [-0.4, -0.2) is 25.0 Å². The number of allylic oxidation sites excluding steroid dienone is 1. The molecule has 0 aliphatic heterocycles. The Bertz CT molecular complexity index is 78.6. The van der Waals surface area contributed by atoms with Gasteiger partial charge in [0.25, 0.3) is 0 Å². The molecule has 0 unspecified atom stereocenters. The largest absolute Gasteiger partial charge is 0.432 e. The standard InChI is InChI=1S/C6H13NO/c1-3-6(4-7)5-8-2/h3H,4-5,7H2,1-2H3/p+2. The summed E-state index contributed by atoms with van der Waals surface area (Å²) in [6.45, 7) is 3.75. The fraction of sp³-hybridized carbons (Fsp3) is 0.667. The molecule has 0 heterocycles. The van der Waals surface area contributed by atoms with E-state index in [1.807, 2.05) is 14.0 Å². The van der Waals surface area contributed by atoms with Gasteiger partial charge in [-0.05, 0) is 6.92 Å². The first-order valence-corrected chi connectivity index (χ1v) is 2.84. The molecule has 0 aliphatic rings. The molecule has 8 heavy (non-hydrogen) atoms. The number of hydrogen-bond donors (Lipinski definition) is 1. The maximum absolute atomic E-state index is 3.97. The molecule has 2 heteroatoms. The molecule has 4 N–H and O–H groups in total. The zero-order valence-corrected chi connectivity index (χ0v) is 5.65. The van der Waals surface area contributed by atoms with Crippen molar-refractivity contribution in [3.63, 3.8) is 0 Å². The summed E-state index contributed by atoms with van der Waals surface area (Å²) < 4.78 is 3.97. The minimum Gasteiger partial charge on any atom is -0.432 e. The Balaban J connectivity index is 3.38. The lowest BCUT2D eigenvalue weighted by atomic mass is 10.3. The Morgan fingerprint density at radius 1 is 1.75 bits per heavy atom. The van der Waals surface area contributed by atoms with Crippen LogP contribution >= 0.6 is 0 Å². The van der Waals surface area contributed by atoms with Gasteiger partial charge in [-0.1, -0.05) is 6.08 Å². The van der Waals surface area contributed by atoms with Gasteiger partial charge in [0.15, 0.2) is 6.61 Å². The van der Waals surface area contributed by atoms with Gasteiger partial charge in [0, 0.05) is 0 Å². The maximum Gasteiger partial charge on any atom is 0.172 e. The van der Waals surface area contributed by atoms with Crippen LogP contribution in [0.4, 0.5) is 0 Å². The number of quaternary nitrogens is 1. The van der Waals surface area contributed by atoms with E-state index in [9.17, 15) is 0 Å². The van der Waals surface area contributed by atoms with Crippen molar-refractivity contribution < 1.29 is 10.5 Å². The summed E-state index contributed by atoms with van der Waals surface area (Å²) in [4.78, 5) is 0. The van der Waals surface area contributed by atoms with Gasteiger partial charge >= 0.3 is 0 Å². The molecular formula is C6H15NO+2. The fourth-order valence-corrected chi connectivity index (χ4v) is 0.518. The second-order valence-electron chi connectivity index (χ2n) is 1.67. The van der Waals surface area contributed by atoms with Crippen molar-refractivity contribution in [1.82, 2.24) is 0 Å². The van der Waals surface area contributed by atoms with Gasteiger partial charge in [0.2, 0.25) is 0 Å². The van der Waals surface area contributed by atoms with Gasteiger partial charge < -0.3 is 10.5 Å². The van der Waals surface area contributed by atoms with Gasteiger partial charge in [-0.15, -0.1) is 0 Å². The third-order valence-electron chi connectivity index (χ3n) is 1.09. The van der Waals surface area contributed by atoms with Crippen molar-refractivity contribution in [3.05, 3.63) is 11.6 Å². The van der Waals surface area contributed by atoms with Crippen molar-refractivity contribution >= 4 is 0 Å². The van der Waals surface area contributed by atoms with Gasteiger partial charge in [-0.25, -0.2) is 0 Å². The predicted octanol–water partition coefficient (Wildman–Crippen LogP) is -0.668. The van der Waals surface area contributed by atoms with E-state index in [0.29, 0.717) is 0 Å². The van der Waals surface area contributed by atoms with E-state index in [1.165, 1.54) is 5.57 Å². The topological polar surface area (TPSA) is 40.4 Å². The van der Waals surface area contributed by atoms with E-state index in [1.54, 1.807) is 0 Å². The van der Waals surface area contributed by atoms with Crippen LogP contribution in [0.5, 0.6) is 0 Å². The van der Waals surface area contributed by atoms with E-state index < -0.39 is 0 Å². The summed E-state index contributed by atoms with van der Waals surface area (Å²) in [5.74, 6) is 0. The van der Waals surface area contributed by atoms with Gasteiger partial charge in [0.05, 0.1) is 5.57 Å². The second kappa shape index (κ2) is 4.81. The van der Waals surface area contributed by atoms with E-state index in [4.69, 9.17) is 0 Å². The van der Waals surface area contributed by atoms with Crippen LogP contribution in [0.15, 0.2) is 11.6 Å². The highest BCUT2D eigenvalue weighted by atomic mass is 16.5. The quantitative estimate of drug-likeness (QED) is 0.376. The van der Waals surface area contributed by atoms with Crippen molar-refractivity contribution in [2.24, 2.45) is 0 Å². The molecule has 0 radical (unpaired) electrons. The summed E-state index contributed by atoms with van der Waals surface area (Å²) in [6, 6.07) is 0. The summed E-state index contributed by atoms with van der Waals surface area (Å²) in [6.07, 6.45) is 2.07. The van der Waals surface area contributed by atoms with E-state index in [2.05, 4.69) is 16.5 Å². The van der Waals surface area contributed by atoms with Crippen LogP contribution in [0.2, 0.25) is 0 Å². The minimum atomic E-state index is 0.847. The minimum absolute atomic E-state index is 0.847. The van der Waals surface area contributed by atoms with Crippen LogP contribution in [-0.2, 0) is 0 Å². The number of hydrogen-bond acceptors (Lipinski definition) is 0. The number of ether oxygens (including phenoxy) is 1. The molecule has 0 bridgehead atoms. The van der Waals surface area contributed by atoms with Crippen molar-refractivity contribution in [3.8, 4) is 0 Å². The highest BCUT2D eigenvalue weighted by molar-refractivity contribution is 4.99. The Kier molecular flexibility index (Phi) is 4.61. The Morgan fingerprint density at radius 3 is 2.50 bits per heavy atom. The molecule has 0 aromatic heterocycles. The second-order valence-corrected chi connectivity index (χ2v) is 1.67. The lowest BCUT2D eigenvalue weighted by molar-refractivity contribution is -0.357. The number of rotatable bonds is 3. The first-order chi connectivity index (χ1) is 3.85. The van der Waals surface area contributed by atoms with Crippen LogP contribution in [0, 0.1) is 0 Å². The molecule has 0 aromatic rings. The van der Waals surface area contributed by atoms with Crippen LogP contribution in [0.1, 0.15) is 6.92 Å². The van der Waals surface area contributed by atoms with Crippen molar-refractivity contribution in [2.75, 3.05) is 20.3 Å². The van der Waals surface area contributed by atoms with Gasteiger partial charge in [-0.3, -0.25) is 0 Å². The molecule has 0 amide bonds. The molecule has 2 nitrogen and oxygen atoms in total. The van der Waals surface area contributed by atoms with Crippen LogP contribution in [0.3, 0.4) is 0 Å². The molecule has 0 atom stereocenters. The highest BCUT2D eigenvalue weighted by Gasteiger charge is 1.94. The average molecular weight is 117 g/mol. The number of aliphatic hydroxyl groups is 2. The van der Waals surface area contributed by atoms with Gasteiger partial charge in [-0.2, -0.15) is 0 Å². The average Bonchev–Trinajstić information content (AvgIpc) is 1.83. The Hall–Kier alpha value is -0.340. The molecule has 0 rings (SSSR count). The molecule has 48 valence electrons. The summed E-state index contributed by atoms with van der Waals surface area (Å²) in [5, 5.41) is 0. The Morgan fingerprint density at radius 2 is 2.38 bits per heavy atom. The first kappa shape index (κ1) is 7.66. The molecule has 0 aromatic carbocycles. The normalized spacial score (nSPS) is 12.1. The van der Waals surface area contributed by atoms with Crippen molar-refractivity contribution in [2.45, 2.75) is 6.92 Å². The monoisotopic (exact) mass is 117 g/mol. The first-order valence-electron chi connectivity index (χ1n) is 2.84. The lowest BCUT2D eigenvalue weighted by Crippen LogP contribution is -2.51. The summed E-state index contributed by atoms with van der Waals surface area (Å²) in [7, 11) is 1.82. The molecule has 0 saturated heterocycles. The molecule has 0 aliphatic carbocycles. The molecule has 0 saturated carbocycles. The van der Waals surface area contributed by atoms with Crippen molar-refractivity contribution in [1.29, 1.82) is 0 Å². The smallest absolute Gasteiger partial charge is 0.172 e. The molecular weight excluding hydrogens is 102 g/mol. The fourth-order valence-electron chi connectivity index (χ4n) is 0.518. The SMILES string of the molecule is CC=C(C[NH3+])C[OH+]C. The molecule has 0 fully saturated rings. The summed E-state index contributed by atoms with van der Waals surface area (Å²) in [5.41, 5.74) is 5.06. The summed E-state index contributed by atoms with van der Waals surface area (Å²) >= 11 is 0. The van der Waals surface area contributed by atoms with Gasteiger partial charge in [0.1, 0.15) is 13.7 Å². The lowest BCUT2D eigenvalue weighted by Gasteiger charge is -1.93. The molecule has 0 spiro atoms. The van der Waals surface area contributed by atoms with Crippen LogP contribution < -0.4 is 5.73 Å². The maximum atomic E-state index is 3.97. The third-order valence-corrected chi connectivity index (χ3v) is 1.09. The zero-order valence-electron chi connectivity index (χ0n) is 5.65. The van der Waals surface area contributed by atoms with Crippen LogP contribution in [0.25, 0.3) is 0 Å². The van der Waals surface area contributed by atoms with E-state index in [-0.39, 0.29) is 0 Å². The zero-order chi connectivity index (χ0) is 6.41. The third kappa shape index (κ3) is 2.77. The highest BCUT2D eigenvalue weighted by Crippen LogP contribution is 1.86. The van der Waals surface area contributed by atoms with E-state index in [0.717, 1.165) is 13.2 Å². The van der Waals surface area contributed by atoms with E-state index >= 15 is 0 Å². The Labute approximate surface area is 50.3 Å².